The van der Waals surface area contributed by atoms with E-state index in [0.29, 0.717) is 5.56 Å². The maximum Gasteiger partial charge on any atom is 0.372 e. The fourth-order valence-corrected chi connectivity index (χ4v) is 1.15. The molecule has 1 aromatic rings. The second-order valence-electron chi connectivity index (χ2n) is 3.15. The summed E-state index contributed by atoms with van der Waals surface area (Å²) < 4.78 is 0. The molecule has 84 valence electrons. The Balaban J connectivity index is 2.59. The van der Waals surface area contributed by atoms with Gasteiger partial charge >= 0.3 is 5.97 Å². The van der Waals surface area contributed by atoms with Crippen molar-refractivity contribution in [2.45, 2.75) is 12.8 Å². The molecule has 1 aromatic carbocycles. The van der Waals surface area contributed by atoms with Crippen LogP contribution in [0.25, 0.3) is 0 Å². The Morgan fingerprint density at radius 1 is 1.25 bits per heavy atom. The molecule has 1 N–H and O–H groups in total. The molecular formula is C10H9NO5. The third kappa shape index (κ3) is 3.16. The molecule has 0 atom stereocenters. The highest BCUT2D eigenvalue weighted by atomic mass is 16.6. The molecule has 0 aliphatic carbocycles. The summed E-state index contributed by atoms with van der Waals surface area (Å²) in [4.78, 5) is 30.8. The van der Waals surface area contributed by atoms with Crippen molar-refractivity contribution in [1.29, 1.82) is 0 Å². The van der Waals surface area contributed by atoms with Gasteiger partial charge in [-0.3, -0.25) is 14.9 Å². The standard InChI is InChI=1S/C10H9NO5/c12-9(10(13)14)6-3-7-1-4-8(5-2-7)11(15)16/h1-2,4-5H,3,6H2,(H,13,14). The summed E-state index contributed by atoms with van der Waals surface area (Å²) in [5, 5.41) is 18.7. The highest BCUT2D eigenvalue weighted by molar-refractivity contribution is 6.32. The third-order valence-electron chi connectivity index (χ3n) is 2.03. The Kier molecular flexibility index (Phi) is 3.71. The normalized spacial score (nSPS) is 9.75. The van der Waals surface area contributed by atoms with Crippen LogP contribution >= 0.6 is 0 Å². The Labute approximate surface area is 90.7 Å². The number of carbonyl (C=O) groups is 2. The van der Waals surface area contributed by atoms with Gasteiger partial charge in [-0.2, -0.15) is 0 Å². The highest BCUT2D eigenvalue weighted by Gasteiger charge is 2.11. The lowest BCUT2D eigenvalue weighted by Crippen LogP contribution is -2.12. The number of rotatable bonds is 5. The van der Waals surface area contributed by atoms with Crippen LogP contribution in [0.2, 0.25) is 0 Å². The molecule has 0 spiro atoms. The molecule has 0 aliphatic rings. The zero-order valence-electron chi connectivity index (χ0n) is 8.25. The van der Waals surface area contributed by atoms with E-state index in [2.05, 4.69) is 0 Å². The topological polar surface area (TPSA) is 97.5 Å². The summed E-state index contributed by atoms with van der Waals surface area (Å²) in [5.41, 5.74) is 0.661. The molecule has 16 heavy (non-hydrogen) atoms. The van der Waals surface area contributed by atoms with E-state index in [1.54, 1.807) is 0 Å². The number of aliphatic carboxylic acids is 1. The quantitative estimate of drug-likeness (QED) is 0.459. The van der Waals surface area contributed by atoms with Crippen molar-refractivity contribution in [3.8, 4) is 0 Å². The maximum absolute atomic E-state index is 10.8. The molecule has 6 heteroatoms. The number of ketones is 1. The van der Waals surface area contributed by atoms with E-state index in [4.69, 9.17) is 5.11 Å². The van der Waals surface area contributed by atoms with E-state index in [1.165, 1.54) is 24.3 Å². The average Bonchev–Trinajstić information content (AvgIpc) is 2.26. The van der Waals surface area contributed by atoms with E-state index in [9.17, 15) is 19.7 Å². The van der Waals surface area contributed by atoms with Gasteiger partial charge < -0.3 is 5.11 Å². The Hall–Kier alpha value is -2.24. The van der Waals surface area contributed by atoms with E-state index < -0.39 is 16.7 Å². The second-order valence-corrected chi connectivity index (χ2v) is 3.15. The highest BCUT2D eigenvalue weighted by Crippen LogP contribution is 2.13. The van der Waals surface area contributed by atoms with Gasteiger partial charge in [-0.1, -0.05) is 12.1 Å². The van der Waals surface area contributed by atoms with Crippen molar-refractivity contribution in [3.05, 3.63) is 39.9 Å². The van der Waals surface area contributed by atoms with E-state index >= 15 is 0 Å². The van der Waals surface area contributed by atoms with Gasteiger partial charge in [0.2, 0.25) is 5.78 Å². The molecule has 6 nitrogen and oxygen atoms in total. The Morgan fingerprint density at radius 3 is 2.25 bits per heavy atom. The molecule has 1 rings (SSSR count). The molecule has 0 saturated heterocycles. The lowest BCUT2D eigenvalue weighted by atomic mass is 10.1. The number of hydrogen-bond acceptors (Lipinski definition) is 4. The predicted octanol–water partition coefficient (Wildman–Crippen LogP) is 1.18. The van der Waals surface area contributed by atoms with Crippen LogP contribution < -0.4 is 0 Å². The van der Waals surface area contributed by atoms with Crippen LogP contribution in [0.15, 0.2) is 24.3 Å². The van der Waals surface area contributed by atoms with Crippen molar-refractivity contribution in [3.63, 3.8) is 0 Å². The first-order valence-electron chi connectivity index (χ1n) is 4.50. The van der Waals surface area contributed by atoms with Gasteiger partial charge in [0.15, 0.2) is 0 Å². The summed E-state index contributed by atoms with van der Waals surface area (Å²) in [7, 11) is 0. The number of carboxylic acid groups (broad SMARTS) is 1. The first-order valence-corrected chi connectivity index (χ1v) is 4.50. The molecule has 0 aliphatic heterocycles. The lowest BCUT2D eigenvalue weighted by Gasteiger charge is -1.98. The van der Waals surface area contributed by atoms with Gasteiger partial charge in [0.25, 0.3) is 5.69 Å². The number of carboxylic acids is 1. The first-order chi connectivity index (χ1) is 7.50. The lowest BCUT2D eigenvalue weighted by molar-refractivity contribution is -0.384. The van der Waals surface area contributed by atoms with Gasteiger partial charge in [-0.05, 0) is 12.0 Å². The van der Waals surface area contributed by atoms with Gasteiger partial charge in [-0.25, -0.2) is 4.79 Å². The maximum atomic E-state index is 10.8. The number of carbonyl (C=O) groups excluding carboxylic acids is 1. The van der Waals surface area contributed by atoms with E-state index in [1.807, 2.05) is 0 Å². The average molecular weight is 223 g/mol. The number of Topliss-reactive ketones (excluding diaryl/α,β-unsaturated/α-hetero) is 1. The molecule has 0 radical (unpaired) electrons. The molecule has 0 aromatic heterocycles. The van der Waals surface area contributed by atoms with Crippen LogP contribution in [0.3, 0.4) is 0 Å². The van der Waals surface area contributed by atoms with Gasteiger partial charge in [-0.15, -0.1) is 0 Å². The molecule has 0 saturated carbocycles. The van der Waals surface area contributed by atoms with Crippen molar-refractivity contribution in [2.24, 2.45) is 0 Å². The summed E-state index contributed by atoms with van der Waals surface area (Å²) in [6.07, 6.45) is 0.163. The van der Waals surface area contributed by atoms with E-state index in [-0.39, 0.29) is 18.5 Å². The summed E-state index contributed by atoms with van der Waals surface area (Å²) in [5.74, 6) is -2.32. The van der Waals surface area contributed by atoms with Crippen LogP contribution in [0.1, 0.15) is 12.0 Å². The minimum atomic E-state index is -1.46. The third-order valence-corrected chi connectivity index (χ3v) is 2.03. The Bertz CT molecular complexity index is 423. The molecule has 0 bridgehead atoms. The zero-order valence-corrected chi connectivity index (χ0v) is 8.25. The second kappa shape index (κ2) is 5.01. The number of nitro groups is 1. The SMILES string of the molecule is O=C(O)C(=O)CCc1ccc([N+](=O)[O-])cc1. The van der Waals surface area contributed by atoms with E-state index in [0.717, 1.165) is 0 Å². The largest absolute Gasteiger partial charge is 0.476 e. The number of hydrogen-bond donors (Lipinski definition) is 1. The molecular weight excluding hydrogens is 214 g/mol. The van der Waals surface area contributed by atoms with Gasteiger partial charge in [0, 0.05) is 18.6 Å². The first kappa shape index (κ1) is 11.8. The fourth-order valence-electron chi connectivity index (χ4n) is 1.15. The number of aryl methyl sites for hydroxylation is 1. The fraction of sp³-hybridized carbons (Fsp3) is 0.200. The molecule has 0 fully saturated rings. The van der Waals surface area contributed by atoms with Crippen LogP contribution in [-0.2, 0) is 16.0 Å². The van der Waals surface area contributed by atoms with Crippen molar-refractivity contribution >= 4 is 17.4 Å². The molecule has 0 amide bonds. The monoisotopic (exact) mass is 223 g/mol. The number of nitro benzene ring substituents is 1. The van der Waals surface area contributed by atoms with Crippen LogP contribution in [-0.4, -0.2) is 21.8 Å². The van der Waals surface area contributed by atoms with Crippen LogP contribution in [0, 0.1) is 10.1 Å². The summed E-state index contributed by atoms with van der Waals surface area (Å²) >= 11 is 0. The molecule has 0 unspecified atom stereocenters. The number of benzene rings is 1. The van der Waals surface area contributed by atoms with Gasteiger partial charge in [0.05, 0.1) is 4.92 Å². The smallest absolute Gasteiger partial charge is 0.372 e. The van der Waals surface area contributed by atoms with Crippen LogP contribution in [0.5, 0.6) is 0 Å². The minimum absolute atomic E-state index is 0.0340. The Morgan fingerprint density at radius 2 is 1.81 bits per heavy atom. The summed E-state index contributed by atoms with van der Waals surface area (Å²) in [6, 6.07) is 5.65. The van der Waals surface area contributed by atoms with Crippen molar-refractivity contribution in [1.82, 2.24) is 0 Å². The number of non-ortho nitro benzene ring substituents is 1. The predicted molar refractivity (Wildman–Crippen MR) is 54.1 cm³/mol. The van der Waals surface area contributed by atoms with Gasteiger partial charge in [0.1, 0.15) is 0 Å². The summed E-state index contributed by atoms with van der Waals surface area (Å²) in [6.45, 7) is 0. The van der Waals surface area contributed by atoms with Crippen molar-refractivity contribution < 1.29 is 19.6 Å². The number of nitrogens with zero attached hydrogens (tertiary/aromatic N) is 1. The molecule has 0 heterocycles. The minimum Gasteiger partial charge on any atom is -0.476 e. The van der Waals surface area contributed by atoms with Crippen molar-refractivity contribution in [2.75, 3.05) is 0 Å². The van der Waals surface area contributed by atoms with Crippen LogP contribution in [0.4, 0.5) is 5.69 Å². The zero-order chi connectivity index (χ0) is 12.1.